The molecular formula is C54H53NS. The minimum Gasteiger partial charge on any atom is -0.310 e. The third kappa shape index (κ3) is 5.27. The monoisotopic (exact) mass is 747 g/mol. The molecule has 4 saturated carbocycles. The molecule has 0 saturated heterocycles. The summed E-state index contributed by atoms with van der Waals surface area (Å²) in [6.45, 7) is 9.71. The molecule has 1 spiro atoms. The summed E-state index contributed by atoms with van der Waals surface area (Å²) in [6.07, 6.45) is 9.52. The number of hydrogen-bond acceptors (Lipinski definition) is 2. The van der Waals surface area contributed by atoms with Crippen molar-refractivity contribution in [2.75, 3.05) is 4.90 Å². The summed E-state index contributed by atoms with van der Waals surface area (Å²) >= 11 is 2.03. The fraction of sp³-hybridized carbons (Fsp3) is 0.333. The average molecular weight is 748 g/mol. The van der Waals surface area contributed by atoms with Gasteiger partial charge in [0.2, 0.25) is 0 Å². The molecule has 0 aromatic heterocycles. The molecule has 0 amide bonds. The Bertz CT molecular complexity index is 2430. The number of fused-ring (bicyclic) bond motifs is 3. The van der Waals surface area contributed by atoms with Crippen molar-refractivity contribution in [3.63, 3.8) is 0 Å². The molecule has 0 radical (unpaired) electrons. The molecule has 0 atom stereocenters. The van der Waals surface area contributed by atoms with E-state index in [4.69, 9.17) is 0 Å². The first-order valence-corrected chi connectivity index (χ1v) is 22.1. The van der Waals surface area contributed by atoms with Gasteiger partial charge in [0.25, 0.3) is 0 Å². The summed E-state index contributed by atoms with van der Waals surface area (Å²) in [5.74, 6) is 3.39. The van der Waals surface area contributed by atoms with E-state index in [9.17, 15) is 0 Å². The largest absolute Gasteiger partial charge is 0.310 e. The lowest BCUT2D eigenvalue weighted by molar-refractivity contribution is -0.0443. The lowest BCUT2D eigenvalue weighted by Crippen LogP contribution is -2.57. The van der Waals surface area contributed by atoms with Crippen LogP contribution in [0.4, 0.5) is 17.1 Å². The fourth-order valence-electron chi connectivity index (χ4n) is 12.5. The maximum absolute atomic E-state index is 2.53. The Morgan fingerprint density at radius 1 is 0.464 bits per heavy atom. The van der Waals surface area contributed by atoms with Crippen molar-refractivity contribution in [1.82, 2.24) is 0 Å². The molecule has 1 aliphatic heterocycles. The highest BCUT2D eigenvalue weighted by Gasteiger charge is 2.60. The third-order valence-corrected chi connectivity index (χ3v) is 16.4. The van der Waals surface area contributed by atoms with Crippen molar-refractivity contribution in [3.05, 3.63) is 162 Å². The van der Waals surface area contributed by atoms with Gasteiger partial charge in [-0.3, -0.25) is 0 Å². The Hall–Kier alpha value is -4.53. The van der Waals surface area contributed by atoms with Gasteiger partial charge in [-0.05, 0) is 166 Å². The SMILES string of the molecule is CC1(C)CCC(C)(C)c2cc(N(c3ccc(-c4ccccc4)cc3)c3ccc(-c4cccc5c4Sc4ccccc4C54C5CC6CC(C5)CC4C6)cc3)ccc21. The van der Waals surface area contributed by atoms with E-state index in [1.165, 1.54) is 105 Å². The number of hydrogen-bond donors (Lipinski definition) is 0. The third-order valence-electron chi connectivity index (χ3n) is 15.2. The van der Waals surface area contributed by atoms with Crippen LogP contribution >= 0.6 is 11.8 Å². The van der Waals surface area contributed by atoms with Crippen molar-refractivity contribution >= 4 is 28.8 Å². The van der Waals surface area contributed by atoms with Crippen molar-refractivity contribution in [1.29, 1.82) is 0 Å². The van der Waals surface area contributed by atoms with Gasteiger partial charge in [0, 0.05) is 32.3 Å². The van der Waals surface area contributed by atoms with Crippen LogP contribution < -0.4 is 4.90 Å². The van der Waals surface area contributed by atoms with Gasteiger partial charge >= 0.3 is 0 Å². The predicted octanol–water partition coefficient (Wildman–Crippen LogP) is 15.0. The highest BCUT2D eigenvalue weighted by atomic mass is 32.2. The number of benzene rings is 6. The summed E-state index contributed by atoms with van der Waals surface area (Å²) < 4.78 is 0. The van der Waals surface area contributed by atoms with Gasteiger partial charge in [0.05, 0.1) is 0 Å². The van der Waals surface area contributed by atoms with Crippen molar-refractivity contribution in [2.24, 2.45) is 23.7 Å². The van der Waals surface area contributed by atoms with E-state index in [1.807, 2.05) is 11.8 Å². The highest BCUT2D eigenvalue weighted by Crippen LogP contribution is 2.69. The lowest BCUT2D eigenvalue weighted by atomic mass is 9.42. The van der Waals surface area contributed by atoms with Crippen LogP contribution in [0.15, 0.2) is 149 Å². The number of anilines is 3. The zero-order chi connectivity index (χ0) is 37.8. The number of nitrogens with zero attached hydrogens (tertiary/aromatic N) is 1. The molecular weight excluding hydrogens is 695 g/mol. The van der Waals surface area contributed by atoms with E-state index >= 15 is 0 Å². The van der Waals surface area contributed by atoms with Gasteiger partial charge in [-0.1, -0.05) is 137 Å². The Morgan fingerprint density at radius 3 is 1.70 bits per heavy atom. The normalized spacial score (nSPS) is 26.0. The Morgan fingerprint density at radius 2 is 1.02 bits per heavy atom. The van der Waals surface area contributed by atoms with E-state index in [2.05, 4.69) is 172 Å². The maximum Gasteiger partial charge on any atom is 0.0464 e. The molecule has 6 aliphatic rings. The quantitative estimate of drug-likeness (QED) is 0.173. The van der Waals surface area contributed by atoms with Crippen molar-refractivity contribution < 1.29 is 0 Å². The summed E-state index contributed by atoms with van der Waals surface area (Å²) in [7, 11) is 0. The molecule has 56 heavy (non-hydrogen) atoms. The second-order valence-corrected chi connectivity index (χ2v) is 20.3. The van der Waals surface area contributed by atoms with E-state index in [-0.39, 0.29) is 16.2 Å². The van der Waals surface area contributed by atoms with Crippen molar-refractivity contribution in [2.45, 2.75) is 98.7 Å². The smallest absolute Gasteiger partial charge is 0.0464 e. The van der Waals surface area contributed by atoms with Crippen LogP contribution in [-0.2, 0) is 16.2 Å². The van der Waals surface area contributed by atoms with Gasteiger partial charge in [-0.25, -0.2) is 0 Å². The van der Waals surface area contributed by atoms with Crippen LogP contribution in [-0.4, -0.2) is 0 Å². The Balaban J connectivity index is 1.02. The van der Waals surface area contributed by atoms with Crippen LogP contribution in [0.3, 0.4) is 0 Å². The maximum atomic E-state index is 2.53. The molecule has 2 heteroatoms. The zero-order valence-electron chi connectivity index (χ0n) is 33.4. The van der Waals surface area contributed by atoms with E-state index < -0.39 is 0 Å². The minimum atomic E-state index is 0.130. The van der Waals surface area contributed by atoms with E-state index in [0.29, 0.717) is 0 Å². The molecule has 6 aromatic rings. The molecule has 280 valence electrons. The van der Waals surface area contributed by atoms with Gasteiger partial charge in [-0.2, -0.15) is 0 Å². The molecule has 4 fully saturated rings. The molecule has 0 N–H and O–H groups in total. The molecule has 4 bridgehead atoms. The molecule has 6 aromatic carbocycles. The fourth-order valence-corrected chi connectivity index (χ4v) is 13.9. The summed E-state index contributed by atoms with van der Waals surface area (Å²) in [5.41, 5.74) is 15.5. The van der Waals surface area contributed by atoms with Gasteiger partial charge in [-0.15, -0.1) is 0 Å². The van der Waals surface area contributed by atoms with Crippen LogP contribution in [0.25, 0.3) is 22.3 Å². The molecule has 0 unspecified atom stereocenters. The predicted molar refractivity (Wildman–Crippen MR) is 236 cm³/mol. The van der Waals surface area contributed by atoms with Gasteiger partial charge in [0.1, 0.15) is 0 Å². The van der Waals surface area contributed by atoms with Crippen LogP contribution in [0, 0.1) is 23.7 Å². The summed E-state index contributed by atoms with van der Waals surface area (Å²) in [4.78, 5) is 5.46. The zero-order valence-corrected chi connectivity index (χ0v) is 34.2. The van der Waals surface area contributed by atoms with Crippen LogP contribution in [0.5, 0.6) is 0 Å². The topological polar surface area (TPSA) is 3.24 Å². The summed E-state index contributed by atoms with van der Waals surface area (Å²) in [5, 5.41) is 0. The molecule has 1 nitrogen and oxygen atoms in total. The average Bonchev–Trinajstić information content (AvgIpc) is 3.22. The first-order chi connectivity index (χ1) is 27.2. The van der Waals surface area contributed by atoms with Crippen molar-refractivity contribution in [3.8, 4) is 22.3 Å². The first kappa shape index (κ1) is 34.7. The standard InChI is InChI=1S/C54H53NS/c1-52(2)27-28-53(3,4)49-34-44(25-26-46(49)52)55(42-21-17-38(18-22-42)37-11-6-5-7-12-37)43-23-19-39(20-24-43)45-13-10-15-48-51(45)56-50-16-9-8-14-47(50)54(48)40-30-35-29-36(32-40)33-41(54)31-35/h5-26,34-36,40-41H,27-33H2,1-4H3. The van der Waals surface area contributed by atoms with E-state index in [1.54, 1.807) is 11.1 Å². The number of rotatable bonds is 5. The minimum absolute atomic E-state index is 0.130. The second kappa shape index (κ2) is 12.7. The molecule has 12 rings (SSSR count). The van der Waals surface area contributed by atoms with Gasteiger partial charge in [0.15, 0.2) is 0 Å². The van der Waals surface area contributed by atoms with Gasteiger partial charge < -0.3 is 4.90 Å². The summed E-state index contributed by atoms with van der Waals surface area (Å²) in [6, 6.07) is 53.5. The first-order valence-electron chi connectivity index (χ1n) is 21.3. The second-order valence-electron chi connectivity index (χ2n) is 19.2. The van der Waals surface area contributed by atoms with E-state index in [0.717, 1.165) is 23.7 Å². The molecule has 1 heterocycles. The Labute approximate surface area is 338 Å². The van der Waals surface area contributed by atoms with Crippen LogP contribution in [0.2, 0.25) is 0 Å². The van der Waals surface area contributed by atoms with Crippen LogP contribution in [0.1, 0.15) is 94.9 Å². The lowest BCUT2D eigenvalue weighted by Gasteiger charge is -2.63. The highest BCUT2D eigenvalue weighted by molar-refractivity contribution is 7.99. The molecule has 5 aliphatic carbocycles. The Kier molecular flexibility index (Phi) is 7.89.